The number of hydrogen-bond acceptors (Lipinski definition) is 6. The van der Waals surface area contributed by atoms with E-state index in [-0.39, 0.29) is 49.7 Å². The fourth-order valence-corrected chi connectivity index (χ4v) is 3.51. The maximum Gasteiger partial charge on any atom is 0.276 e. The van der Waals surface area contributed by atoms with E-state index in [0.717, 1.165) is 11.1 Å². The van der Waals surface area contributed by atoms with Gasteiger partial charge in [0, 0.05) is 12.8 Å². The van der Waals surface area contributed by atoms with Crippen LogP contribution in [0.25, 0.3) is 0 Å². The smallest absolute Gasteiger partial charge is 0.276 e. The first-order valence-corrected chi connectivity index (χ1v) is 12.8. The number of rotatable bonds is 13. The monoisotopic (exact) mass is 526 g/mol. The lowest BCUT2D eigenvalue weighted by molar-refractivity contribution is -0.130. The molecule has 0 aliphatic rings. The molecular weight excluding hydrogens is 488 g/mol. The molecule has 0 bridgehead atoms. The van der Waals surface area contributed by atoms with Gasteiger partial charge in [0.1, 0.15) is 11.5 Å². The minimum Gasteiger partial charge on any atom is -0.483 e. The Kier molecular flexibility index (Phi) is 12.6. The van der Waals surface area contributed by atoms with E-state index >= 15 is 0 Å². The van der Waals surface area contributed by atoms with Gasteiger partial charge in [0.15, 0.2) is 13.2 Å². The number of hydrazine groups is 2. The van der Waals surface area contributed by atoms with Gasteiger partial charge in [-0.25, -0.2) is 0 Å². The first kappa shape index (κ1) is 30.1. The van der Waals surface area contributed by atoms with Crippen LogP contribution in [0, 0.1) is 0 Å². The highest BCUT2D eigenvalue weighted by Crippen LogP contribution is 2.26. The van der Waals surface area contributed by atoms with Crippen molar-refractivity contribution in [3.8, 4) is 11.5 Å². The number of amides is 4. The number of carbonyl (C=O) groups is 4. The third kappa shape index (κ3) is 10.9. The zero-order chi connectivity index (χ0) is 27.9. The van der Waals surface area contributed by atoms with Gasteiger partial charge < -0.3 is 9.47 Å². The lowest BCUT2D eigenvalue weighted by Gasteiger charge is -2.14. The van der Waals surface area contributed by atoms with E-state index in [0.29, 0.717) is 24.3 Å². The zero-order valence-electron chi connectivity index (χ0n) is 22.5. The Labute approximate surface area is 223 Å². The molecule has 0 fully saturated rings. The lowest BCUT2D eigenvalue weighted by atomic mass is 10.0. The summed E-state index contributed by atoms with van der Waals surface area (Å²) in [6, 6.07) is 15.0. The first-order valence-electron chi connectivity index (χ1n) is 12.8. The summed E-state index contributed by atoms with van der Waals surface area (Å²) in [6.07, 6.45) is 1.10. The molecule has 10 heteroatoms. The minimum absolute atomic E-state index is 0.125. The van der Waals surface area contributed by atoms with Crippen molar-refractivity contribution in [3.05, 3.63) is 59.7 Å². The third-order valence-corrected chi connectivity index (χ3v) is 5.54. The summed E-state index contributed by atoms with van der Waals surface area (Å²) < 4.78 is 11.1. The Balaban J connectivity index is 1.55. The van der Waals surface area contributed by atoms with E-state index in [1.807, 2.05) is 64.1 Å². The molecule has 0 saturated heterocycles. The van der Waals surface area contributed by atoms with E-state index in [1.54, 1.807) is 12.1 Å². The van der Waals surface area contributed by atoms with Crippen LogP contribution < -0.4 is 31.2 Å². The molecule has 4 amide bonds. The summed E-state index contributed by atoms with van der Waals surface area (Å²) in [7, 11) is 0. The van der Waals surface area contributed by atoms with Crippen LogP contribution in [0.1, 0.15) is 76.3 Å². The second-order valence-corrected chi connectivity index (χ2v) is 9.36. The molecule has 38 heavy (non-hydrogen) atoms. The molecule has 0 aliphatic heterocycles. The van der Waals surface area contributed by atoms with Crippen LogP contribution in [0.4, 0.5) is 0 Å². The van der Waals surface area contributed by atoms with Crippen molar-refractivity contribution in [1.82, 2.24) is 21.7 Å². The largest absolute Gasteiger partial charge is 0.483 e. The van der Waals surface area contributed by atoms with Crippen molar-refractivity contribution < 1.29 is 28.7 Å². The maximum atomic E-state index is 12.0. The summed E-state index contributed by atoms with van der Waals surface area (Å²) in [5.41, 5.74) is 11.3. The number of unbranched alkanes of at least 4 members (excludes halogenated alkanes) is 1. The molecule has 2 aromatic rings. The van der Waals surface area contributed by atoms with E-state index in [2.05, 4.69) is 21.7 Å². The van der Waals surface area contributed by atoms with Crippen molar-refractivity contribution in [2.45, 2.75) is 65.2 Å². The Morgan fingerprint density at radius 1 is 0.579 bits per heavy atom. The summed E-state index contributed by atoms with van der Waals surface area (Å²) in [6.45, 7) is 7.67. The Morgan fingerprint density at radius 3 is 1.29 bits per heavy atom. The zero-order valence-corrected chi connectivity index (χ0v) is 22.5. The highest BCUT2D eigenvalue weighted by atomic mass is 16.5. The Hall–Kier alpha value is -4.08. The molecule has 0 spiro atoms. The van der Waals surface area contributed by atoms with Crippen molar-refractivity contribution >= 4 is 23.6 Å². The molecule has 0 aromatic heterocycles. The number of carbonyl (C=O) groups excluding carboxylic acids is 4. The standard InChI is InChI=1S/C28H38N4O6/c1-19(2)21-11-5-7-13-23(21)37-17-27(35)31-29-25(33)15-9-10-16-26(34)30-32-28(36)18-38-24-14-8-6-12-22(24)20(3)4/h5-8,11-14,19-20H,9-10,15-18H2,1-4H3,(H,29,33)(H,30,34)(H,31,35)(H,32,36). The molecular formula is C28H38N4O6. The molecule has 0 saturated carbocycles. The molecule has 10 nitrogen and oxygen atoms in total. The van der Waals surface area contributed by atoms with Crippen molar-refractivity contribution in [2.24, 2.45) is 0 Å². The fraction of sp³-hybridized carbons (Fsp3) is 0.429. The van der Waals surface area contributed by atoms with Gasteiger partial charge in [0.05, 0.1) is 0 Å². The van der Waals surface area contributed by atoms with Crippen LogP contribution in [0.5, 0.6) is 11.5 Å². The van der Waals surface area contributed by atoms with Crippen LogP contribution in [-0.2, 0) is 19.2 Å². The van der Waals surface area contributed by atoms with Gasteiger partial charge in [-0.15, -0.1) is 0 Å². The Morgan fingerprint density at radius 2 is 0.921 bits per heavy atom. The number of benzene rings is 2. The number of ether oxygens (including phenoxy) is 2. The molecule has 0 unspecified atom stereocenters. The molecule has 0 aliphatic carbocycles. The van der Waals surface area contributed by atoms with Gasteiger partial charge in [-0.05, 0) is 47.9 Å². The van der Waals surface area contributed by atoms with Crippen LogP contribution in [0.3, 0.4) is 0 Å². The van der Waals surface area contributed by atoms with Gasteiger partial charge >= 0.3 is 0 Å². The quantitative estimate of drug-likeness (QED) is 0.234. The Bertz CT molecular complexity index is 1000. The van der Waals surface area contributed by atoms with E-state index < -0.39 is 11.8 Å². The number of hydrogen-bond donors (Lipinski definition) is 4. The SMILES string of the molecule is CC(C)c1ccccc1OCC(=O)NNC(=O)CCCCC(=O)NNC(=O)COc1ccccc1C(C)C. The summed E-state index contributed by atoms with van der Waals surface area (Å²) >= 11 is 0. The predicted octanol–water partition coefficient (Wildman–Crippen LogP) is 3.25. The van der Waals surface area contributed by atoms with E-state index in [9.17, 15) is 19.2 Å². The van der Waals surface area contributed by atoms with Gasteiger partial charge in [-0.2, -0.15) is 0 Å². The van der Waals surface area contributed by atoms with E-state index in [1.165, 1.54) is 0 Å². The molecule has 4 N–H and O–H groups in total. The average Bonchev–Trinajstić information content (AvgIpc) is 2.90. The van der Waals surface area contributed by atoms with E-state index in [4.69, 9.17) is 9.47 Å². The topological polar surface area (TPSA) is 135 Å². The number of nitrogens with one attached hydrogen (secondary N) is 4. The van der Waals surface area contributed by atoms with Crippen molar-refractivity contribution in [3.63, 3.8) is 0 Å². The number of para-hydroxylation sites is 2. The van der Waals surface area contributed by atoms with Crippen molar-refractivity contribution in [1.29, 1.82) is 0 Å². The normalized spacial score (nSPS) is 10.6. The molecule has 2 rings (SSSR count). The lowest BCUT2D eigenvalue weighted by Crippen LogP contribution is -2.44. The third-order valence-electron chi connectivity index (χ3n) is 5.54. The van der Waals surface area contributed by atoms with Gasteiger partial charge in [0.2, 0.25) is 11.8 Å². The predicted molar refractivity (Wildman–Crippen MR) is 143 cm³/mol. The maximum absolute atomic E-state index is 12.0. The molecule has 0 radical (unpaired) electrons. The van der Waals surface area contributed by atoms with Crippen LogP contribution >= 0.6 is 0 Å². The van der Waals surface area contributed by atoms with Crippen molar-refractivity contribution in [2.75, 3.05) is 13.2 Å². The van der Waals surface area contributed by atoms with Crippen LogP contribution in [0.2, 0.25) is 0 Å². The highest BCUT2D eigenvalue weighted by Gasteiger charge is 2.12. The molecule has 206 valence electrons. The molecule has 0 heterocycles. The van der Waals surface area contributed by atoms with Gasteiger partial charge in [-0.3, -0.25) is 40.9 Å². The van der Waals surface area contributed by atoms with Gasteiger partial charge in [-0.1, -0.05) is 64.1 Å². The summed E-state index contributed by atoms with van der Waals surface area (Å²) in [5, 5.41) is 0. The average molecular weight is 527 g/mol. The minimum atomic E-state index is -0.483. The second-order valence-electron chi connectivity index (χ2n) is 9.36. The molecule has 0 atom stereocenters. The van der Waals surface area contributed by atoms with Gasteiger partial charge in [0.25, 0.3) is 11.8 Å². The summed E-state index contributed by atoms with van der Waals surface area (Å²) in [5.74, 6) is 0.0253. The second kappa shape index (κ2) is 15.9. The highest BCUT2D eigenvalue weighted by molar-refractivity contribution is 5.83. The van der Waals surface area contributed by atoms with Crippen LogP contribution in [-0.4, -0.2) is 36.8 Å². The fourth-order valence-electron chi connectivity index (χ4n) is 3.51. The van der Waals surface area contributed by atoms with Crippen LogP contribution in [0.15, 0.2) is 48.5 Å². The summed E-state index contributed by atoms with van der Waals surface area (Å²) in [4.78, 5) is 47.8. The first-order chi connectivity index (χ1) is 18.2. The molecule has 2 aromatic carbocycles.